The molecule has 3 unspecified atom stereocenters. The summed E-state index contributed by atoms with van der Waals surface area (Å²) in [4.78, 5) is 2.74. The summed E-state index contributed by atoms with van der Waals surface area (Å²) in [6.45, 7) is 12.8. The molecule has 1 aliphatic heterocycles. The lowest BCUT2D eigenvalue weighted by Crippen LogP contribution is -2.47. The third-order valence-electron chi connectivity index (χ3n) is 4.92. The molecule has 21 heavy (non-hydrogen) atoms. The van der Waals surface area contributed by atoms with Gasteiger partial charge in [0.1, 0.15) is 0 Å². The number of rotatable bonds is 7. The molecule has 0 radical (unpaired) electrons. The van der Waals surface area contributed by atoms with Gasteiger partial charge in [-0.2, -0.15) is 0 Å². The van der Waals surface area contributed by atoms with Crippen molar-refractivity contribution in [3.8, 4) is 0 Å². The molecule has 2 rings (SSSR count). The van der Waals surface area contributed by atoms with E-state index in [2.05, 4.69) is 68.2 Å². The van der Waals surface area contributed by atoms with Gasteiger partial charge in [-0.15, -0.1) is 0 Å². The molecule has 0 aromatic heterocycles. The van der Waals surface area contributed by atoms with Crippen LogP contribution in [0.5, 0.6) is 0 Å². The van der Waals surface area contributed by atoms with Crippen LogP contribution < -0.4 is 5.32 Å². The monoisotopic (exact) mass is 288 g/mol. The molecular weight excluding hydrogens is 256 g/mol. The summed E-state index contributed by atoms with van der Waals surface area (Å²) in [6.07, 6.45) is 2.69. The number of hydrogen-bond acceptors (Lipinski definition) is 2. The number of hydrogen-bond donors (Lipinski definition) is 1. The standard InChI is InChI=1S/C19H32N2/c1-5-16-12-13-21(14-16)19(15(3)4)18(20-6-2)17-10-8-7-9-11-17/h7-11,15-16,18-20H,5-6,12-14H2,1-4H3. The molecule has 1 heterocycles. The Morgan fingerprint density at radius 2 is 1.90 bits per heavy atom. The number of nitrogens with zero attached hydrogens (tertiary/aromatic N) is 1. The second-order valence-electron chi connectivity index (χ2n) is 6.74. The summed E-state index contributed by atoms with van der Waals surface area (Å²) in [5.74, 6) is 1.55. The molecule has 3 atom stereocenters. The van der Waals surface area contributed by atoms with Crippen molar-refractivity contribution in [1.82, 2.24) is 10.2 Å². The van der Waals surface area contributed by atoms with Gasteiger partial charge in [0.05, 0.1) is 0 Å². The maximum atomic E-state index is 3.75. The smallest absolute Gasteiger partial charge is 0.0480 e. The molecule has 2 heteroatoms. The molecule has 118 valence electrons. The van der Waals surface area contributed by atoms with Crippen LogP contribution in [0.15, 0.2) is 30.3 Å². The molecule has 0 amide bonds. The fourth-order valence-electron chi connectivity index (χ4n) is 3.80. The predicted octanol–water partition coefficient (Wildman–Crippen LogP) is 4.09. The van der Waals surface area contributed by atoms with Crippen LogP contribution in [0.1, 0.15) is 52.1 Å². The Hall–Kier alpha value is -0.860. The van der Waals surface area contributed by atoms with Crippen molar-refractivity contribution in [1.29, 1.82) is 0 Å². The van der Waals surface area contributed by atoms with E-state index in [4.69, 9.17) is 0 Å². The van der Waals surface area contributed by atoms with E-state index < -0.39 is 0 Å². The van der Waals surface area contributed by atoms with Crippen LogP contribution in [-0.2, 0) is 0 Å². The minimum atomic E-state index is 0.437. The minimum absolute atomic E-state index is 0.437. The average Bonchev–Trinajstić information content (AvgIpc) is 2.96. The number of likely N-dealkylation sites (N-methyl/N-ethyl adjacent to an activating group) is 1. The zero-order valence-corrected chi connectivity index (χ0v) is 14.2. The highest BCUT2D eigenvalue weighted by Gasteiger charge is 2.34. The maximum Gasteiger partial charge on any atom is 0.0480 e. The molecule has 1 fully saturated rings. The van der Waals surface area contributed by atoms with Crippen LogP contribution >= 0.6 is 0 Å². The topological polar surface area (TPSA) is 15.3 Å². The zero-order chi connectivity index (χ0) is 15.2. The first-order chi connectivity index (χ1) is 10.2. The Morgan fingerprint density at radius 3 is 2.43 bits per heavy atom. The van der Waals surface area contributed by atoms with Gasteiger partial charge in [0.25, 0.3) is 0 Å². The van der Waals surface area contributed by atoms with Crippen LogP contribution in [0, 0.1) is 11.8 Å². The second kappa shape index (κ2) is 7.95. The van der Waals surface area contributed by atoms with Crippen molar-refractivity contribution in [2.24, 2.45) is 11.8 Å². The zero-order valence-electron chi connectivity index (χ0n) is 14.2. The molecule has 0 bridgehead atoms. The van der Waals surface area contributed by atoms with Gasteiger partial charge in [-0.05, 0) is 36.9 Å². The van der Waals surface area contributed by atoms with E-state index in [0.29, 0.717) is 18.0 Å². The van der Waals surface area contributed by atoms with Crippen molar-refractivity contribution < 1.29 is 0 Å². The van der Waals surface area contributed by atoms with Crippen LogP contribution in [0.3, 0.4) is 0 Å². The van der Waals surface area contributed by atoms with E-state index in [0.717, 1.165) is 12.5 Å². The van der Waals surface area contributed by atoms with Gasteiger partial charge in [0.2, 0.25) is 0 Å². The second-order valence-corrected chi connectivity index (χ2v) is 6.74. The van der Waals surface area contributed by atoms with Gasteiger partial charge in [-0.3, -0.25) is 4.90 Å². The molecular formula is C19H32N2. The molecule has 1 saturated heterocycles. The van der Waals surface area contributed by atoms with E-state index in [-0.39, 0.29) is 0 Å². The lowest BCUT2D eigenvalue weighted by molar-refractivity contribution is 0.141. The van der Waals surface area contributed by atoms with Gasteiger partial charge in [-0.25, -0.2) is 0 Å². The lowest BCUT2D eigenvalue weighted by Gasteiger charge is -2.38. The van der Waals surface area contributed by atoms with Gasteiger partial charge in [0, 0.05) is 18.6 Å². The number of likely N-dealkylation sites (tertiary alicyclic amines) is 1. The summed E-state index contributed by atoms with van der Waals surface area (Å²) < 4.78 is 0. The summed E-state index contributed by atoms with van der Waals surface area (Å²) in [5, 5.41) is 3.75. The SMILES string of the molecule is CCNC(c1ccccc1)C(C(C)C)N1CCC(CC)C1. The molecule has 0 spiro atoms. The first-order valence-electron chi connectivity index (χ1n) is 8.69. The third kappa shape index (κ3) is 4.08. The third-order valence-corrected chi connectivity index (χ3v) is 4.92. The molecule has 1 aromatic carbocycles. The average molecular weight is 288 g/mol. The normalized spacial score (nSPS) is 22.6. The Bertz CT molecular complexity index is 401. The highest BCUT2D eigenvalue weighted by atomic mass is 15.2. The number of benzene rings is 1. The fourth-order valence-corrected chi connectivity index (χ4v) is 3.80. The first-order valence-corrected chi connectivity index (χ1v) is 8.69. The molecule has 1 aliphatic rings. The lowest BCUT2D eigenvalue weighted by atomic mass is 9.89. The quantitative estimate of drug-likeness (QED) is 0.813. The highest BCUT2D eigenvalue weighted by molar-refractivity contribution is 5.21. The molecule has 1 aromatic rings. The Labute approximate surface area is 130 Å². The van der Waals surface area contributed by atoms with Crippen LogP contribution in [0.25, 0.3) is 0 Å². The number of nitrogens with one attached hydrogen (secondary N) is 1. The van der Waals surface area contributed by atoms with Gasteiger partial charge in [-0.1, -0.05) is 64.4 Å². The maximum absolute atomic E-state index is 3.75. The van der Waals surface area contributed by atoms with Crippen LogP contribution in [0.4, 0.5) is 0 Å². The van der Waals surface area contributed by atoms with E-state index in [9.17, 15) is 0 Å². The predicted molar refractivity (Wildman–Crippen MR) is 91.5 cm³/mol. The van der Waals surface area contributed by atoms with Crippen molar-refractivity contribution in [3.05, 3.63) is 35.9 Å². The Kier molecular flexibility index (Phi) is 6.25. The fraction of sp³-hybridized carbons (Fsp3) is 0.684. The van der Waals surface area contributed by atoms with E-state index in [1.165, 1.54) is 31.5 Å². The summed E-state index contributed by atoms with van der Waals surface area (Å²) in [6, 6.07) is 12.0. The van der Waals surface area contributed by atoms with Gasteiger partial charge >= 0.3 is 0 Å². The van der Waals surface area contributed by atoms with Crippen molar-refractivity contribution in [2.75, 3.05) is 19.6 Å². The van der Waals surface area contributed by atoms with E-state index >= 15 is 0 Å². The first kappa shape index (κ1) is 16.5. The van der Waals surface area contributed by atoms with E-state index in [1.807, 2.05) is 0 Å². The molecule has 1 N–H and O–H groups in total. The summed E-state index contributed by atoms with van der Waals surface area (Å²) in [5.41, 5.74) is 1.43. The summed E-state index contributed by atoms with van der Waals surface area (Å²) >= 11 is 0. The Morgan fingerprint density at radius 1 is 1.19 bits per heavy atom. The molecule has 2 nitrogen and oxygen atoms in total. The summed E-state index contributed by atoms with van der Waals surface area (Å²) in [7, 11) is 0. The van der Waals surface area contributed by atoms with E-state index in [1.54, 1.807) is 0 Å². The molecule has 0 aliphatic carbocycles. The van der Waals surface area contributed by atoms with Gasteiger partial charge in [0.15, 0.2) is 0 Å². The Balaban J connectivity index is 2.21. The largest absolute Gasteiger partial charge is 0.309 e. The van der Waals surface area contributed by atoms with Crippen molar-refractivity contribution in [3.63, 3.8) is 0 Å². The van der Waals surface area contributed by atoms with Crippen LogP contribution in [0.2, 0.25) is 0 Å². The van der Waals surface area contributed by atoms with Crippen molar-refractivity contribution in [2.45, 2.75) is 52.6 Å². The van der Waals surface area contributed by atoms with Gasteiger partial charge < -0.3 is 5.32 Å². The molecule has 0 saturated carbocycles. The highest BCUT2D eigenvalue weighted by Crippen LogP contribution is 2.31. The minimum Gasteiger partial charge on any atom is -0.309 e. The van der Waals surface area contributed by atoms with Crippen molar-refractivity contribution >= 4 is 0 Å². The van der Waals surface area contributed by atoms with Crippen LogP contribution in [-0.4, -0.2) is 30.6 Å².